The Morgan fingerprint density at radius 3 is 2.68 bits per heavy atom. The normalized spacial score (nSPS) is 33.4. The molecule has 0 radical (unpaired) electrons. The first-order valence-corrected chi connectivity index (χ1v) is 8.17. The molecule has 2 fully saturated rings. The van der Waals surface area contributed by atoms with E-state index in [0.29, 0.717) is 6.61 Å². The van der Waals surface area contributed by atoms with Gasteiger partial charge in [-0.25, -0.2) is 0 Å². The maximum absolute atomic E-state index is 8.80. The van der Waals surface area contributed by atoms with Crippen molar-refractivity contribution < 1.29 is 14.2 Å². The number of fused-ring (bicyclic) bond motifs is 1. The van der Waals surface area contributed by atoms with Crippen molar-refractivity contribution in [3.63, 3.8) is 0 Å². The molecule has 122 valence electrons. The molecular formula is C16H25N3O3. The molecule has 3 atom stereocenters. The van der Waals surface area contributed by atoms with Crippen molar-refractivity contribution in [1.82, 2.24) is 0 Å². The Bertz CT molecular complexity index is 499. The summed E-state index contributed by atoms with van der Waals surface area (Å²) in [4.78, 5) is 2.96. The van der Waals surface area contributed by atoms with Gasteiger partial charge >= 0.3 is 0 Å². The van der Waals surface area contributed by atoms with Crippen LogP contribution in [0.1, 0.15) is 52.9 Å². The van der Waals surface area contributed by atoms with Gasteiger partial charge < -0.3 is 14.2 Å². The molecule has 1 spiro atoms. The molecule has 0 N–H and O–H groups in total. The smallest absolute Gasteiger partial charge is 0.169 e. The lowest BCUT2D eigenvalue weighted by Gasteiger charge is -2.33. The fraction of sp³-hybridized carbons (Fsp3) is 0.875. The third-order valence-electron chi connectivity index (χ3n) is 4.55. The highest BCUT2D eigenvalue weighted by Crippen LogP contribution is 2.46. The molecule has 6 nitrogen and oxygen atoms in total. The van der Waals surface area contributed by atoms with Crippen molar-refractivity contribution in [1.29, 1.82) is 0 Å². The summed E-state index contributed by atoms with van der Waals surface area (Å²) in [5.74, 6) is -0.474. The number of hydrogen-bond acceptors (Lipinski definition) is 4. The number of rotatable bonds is 3. The summed E-state index contributed by atoms with van der Waals surface area (Å²) < 4.78 is 18.4. The second kappa shape index (κ2) is 5.85. The molecule has 0 aromatic heterocycles. The summed E-state index contributed by atoms with van der Waals surface area (Å²) in [5.41, 5.74) is 9.62. The molecule has 3 rings (SSSR count). The SMILES string of the molecule is CC(C)(C)OCC1=C[C@@H](N=[N+]=[N-])C2OC3(CCCCC3)O[C@@H]12. The van der Waals surface area contributed by atoms with Crippen molar-refractivity contribution in [2.45, 2.75) is 82.5 Å². The number of nitrogens with zero attached hydrogens (tertiary/aromatic N) is 3. The molecule has 1 heterocycles. The van der Waals surface area contributed by atoms with Gasteiger partial charge in [0.05, 0.1) is 18.2 Å². The average molecular weight is 307 g/mol. The van der Waals surface area contributed by atoms with Gasteiger partial charge in [-0.2, -0.15) is 0 Å². The molecular weight excluding hydrogens is 282 g/mol. The first-order chi connectivity index (χ1) is 10.4. The zero-order valence-corrected chi connectivity index (χ0v) is 13.6. The molecule has 1 saturated heterocycles. The van der Waals surface area contributed by atoms with E-state index in [1.807, 2.05) is 26.8 Å². The van der Waals surface area contributed by atoms with Gasteiger partial charge in [0, 0.05) is 17.8 Å². The zero-order valence-electron chi connectivity index (χ0n) is 13.6. The number of ether oxygens (including phenoxy) is 3. The zero-order chi connectivity index (χ0) is 15.8. The van der Waals surface area contributed by atoms with Gasteiger partial charge in [-0.15, -0.1) is 0 Å². The second-order valence-corrected chi connectivity index (χ2v) is 7.43. The van der Waals surface area contributed by atoms with E-state index in [1.54, 1.807) is 0 Å². The summed E-state index contributed by atoms with van der Waals surface area (Å²) in [7, 11) is 0. The lowest BCUT2D eigenvalue weighted by atomic mass is 9.94. The molecule has 0 aromatic rings. The second-order valence-electron chi connectivity index (χ2n) is 7.43. The quantitative estimate of drug-likeness (QED) is 0.344. The van der Waals surface area contributed by atoms with Gasteiger partial charge in [0.2, 0.25) is 0 Å². The maximum Gasteiger partial charge on any atom is 0.169 e. The monoisotopic (exact) mass is 307 g/mol. The van der Waals surface area contributed by atoms with E-state index in [-0.39, 0.29) is 23.9 Å². The summed E-state index contributed by atoms with van der Waals surface area (Å²) >= 11 is 0. The van der Waals surface area contributed by atoms with Crippen molar-refractivity contribution >= 4 is 0 Å². The highest BCUT2D eigenvalue weighted by Gasteiger charge is 2.53. The fourth-order valence-electron chi connectivity index (χ4n) is 3.50. The Morgan fingerprint density at radius 2 is 2.05 bits per heavy atom. The standard InChI is InChI=1S/C16H25N3O3/c1-15(2,3)20-10-11-9-12(18-19-17)14-13(11)21-16(22-14)7-5-4-6-8-16/h9,12-14H,4-8,10H2,1-3H3/t12-,13+,14?/m1/s1. The minimum atomic E-state index is -0.474. The Morgan fingerprint density at radius 1 is 1.32 bits per heavy atom. The summed E-state index contributed by atoms with van der Waals surface area (Å²) in [6.07, 6.45) is 6.96. The van der Waals surface area contributed by atoms with Crippen LogP contribution in [0.15, 0.2) is 16.8 Å². The van der Waals surface area contributed by atoms with Crippen LogP contribution in [-0.4, -0.2) is 36.2 Å². The van der Waals surface area contributed by atoms with E-state index in [0.717, 1.165) is 31.3 Å². The summed E-state index contributed by atoms with van der Waals surface area (Å²) in [5, 5.41) is 3.88. The van der Waals surface area contributed by atoms with Crippen LogP contribution >= 0.6 is 0 Å². The summed E-state index contributed by atoms with van der Waals surface area (Å²) in [6.45, 7) is 6.57. The van der Waals surface area contributed by atoms with Gasteiger partial charge in [-0.3, -0.25) is 0 Å². The molecule has 0 amide bonds. The molecule has 1 saturated carbocycles. The lowest BCUT2D eigenvalue weighted by Crippen LogP contribution is -2.35. The highest BCUT2D eigenvalue weighted by atomic mass is 16.8. The predicted molar refractivity (Wildman–Crippen MR) is 82.3 cm³/mol. The van der Waals surface area contributed by atoms with Crippen LogP contribution in [0.2, 0.25) is 0 Å². The lowest BCUT2D eigenvalue weighted by molar-refractivity contribution is -0.194. The molecule has 1 aliphatic heterocycles. The van der Waals surface area contributed by atoms with E-state index in [4.69, 9.17) is 19.7 Å². The van der Waals surface area contributed by atoms with E-state index < -0.39 is 5.79 Å². The van der Waals surface area contributed by atoms with Crippen LogP contribution in [0.25, 0.3) is 10.4 Å². The van der Waals surface area contributed by atoms with Crippen LogP contribution in [-0.2, 0) is 14.2 Å². The van der Waals surface area contributed by atoms with Crippen molar-refractivity contribution in [2.75, 3.05) is 6.61 Å². The van der Waals surface area contributed by atoms with Gasteiger partial charge in [-0.05, 0) is 44.7 Å². The number of hydrogen-bond donors (Lipinski definition) is 0. The van der Waals surface area contributed by atoms with Crippen molar-refractivity contribution in [2.24, 2.45) is 5.11 Å². The topological polar surface area (TPSA) is 76.5 Å². The Kier molecular flexibility index (Phi) is 4.21. The van der Waals surface area contributed by atoms with Crippen LogP contribution in [0.4, 0.5) is 0 Å². The Labute approximate surface area is 131 Å². The highest BCUT2D eigenvalue weighted by molar-refractivity contribution is 5.27. The first-order valence-electron chi connectivity index (χ1n) is 8.17. The van der Waals surface area contributed by atoms with Gasteiger partial charge in [-0.1, -0.05) is 17.6 Å². The predicted octanol–water partition coefficient (Wildman–Crippen LogP) is 3.86. The molecule has 22 heavy (non-hydrogen) atoms. The molecule has 0 bridgehead atoms. The van der Waals surface area contributed by atoms with Gasteiger partial charge in [0.1, 0.15) is 12.2 Å². The van der Waals surface area contributed by atoms with Crippen LogP contribution < -0.4 is 0 Å². The molecule has 1 unspecified atom stereocenters. The first kappa shape index (κ1) is 15.8. The largest absolute Gasteiger partial charge is 0.371 e. The van der Waals surface area contributed by atoms with Gasteiger partial charge in [0.15, 0.2) is 5.79 Å². The van der Waals surface area contributed by atoms with E-state index >= 15 is 0 Å². The molecule has 6 heteroatoms. The third kappa shape index (κ3) is 3.15. The van der Waals surface area contributed by atoms with E-state index in [2.05, 4.69) is 10.0 Å². The van der Waals surface area contributed by atoms with Crippen LogP contribution in [0.3, 0.4) is 0 Å². The average Bonchev–Trinajstić information content (AvgIpc) is 2.94. The molecule has 0 aromatic carbocycles. The number of azide groups is 1. The summed E-state index contributed by atoms with van der Waals surface area (Å²) in [6, 6.07) is -0.296. The Balaban J connectivity index is 1.76. The van der Waals surface area contributed by atoms with E-state index in [1.165, 1.54) is 6.42 Å². The van der Waals surface area contributed by atoms with Crippen molar-refractivity contribution in [3.05, 3.63) is 22.1 Å². The minimum Gasteiger partial charge on any atom is -0.371 e. The van der Waals surface area contributed by atoms with E-state index in [9.17, 15) is 0 Å². The minimum absolute atomic E-state index is 0.143. The van der Waals surface area contributed by atoms with Crippen molar-refractivity contribution in [3.8, 4) is 0 Å². The molecule has 3 aliphatic rings. The van der Waals surface area contributed by atoms with Crippen LogP contribution in [0, 0.1) is 0 Å². The maximum atomic E-state index is 8.80. The third-order valence-corrected chi connectivity index (χ3v) is 4.55. The Hall–Kier alpha value is -1.07. The fourth-order valence-corrected chi connectivity index (χ4v) is 3.50. The van der Waals surface area contributed by atoms with Gasteiger partial charge in [0.25, 0.3) is 0 Å². The van der Waals surface area contributed by atoms with Crippen LogP contribution in [0.5, 0.6) is 0 Å². The molecule has 2 aliphatic carbocycles.